The van der Waals surface area contributed by atoms with E-state index >= 15 is 0 Å². The molecule has 72 valence electrons. The number of aryl methyl sites for hydroxylation is 1. The maximum Gasteiger partial charge on any atom is 0.0717 e. The van der Waals surface area contributed by atoms with Crippen LogP contribution in [0.25, 0.3) is 11.3 Å². The van der Waals surface area contributed by atoms with Gasteiger partial charge in [-0.05, 0) is 30.7 Å². The van der Waals surface area contributed by atoms with Gasteiger partial charge in [0.1, 0.15) is 0 Å². The predicted molar refractivity (Wildman–Crippen MR) is 58.9 cm³/mol. The van der Waals surface area contributed by atoms with Crippen LogP contribution in [0.2, 0.25) is 0 Å². The van der Waals surface area contributed by atoms with E-state index in [1.54, 1.807) is 6.20 Å². The Bertz CT molecular complexity index is 379. The highest BCUT2D eigenvalue weighted by Crippen LogP contribution is 2.14. The van der Waals surface area contributed by atoms with Crippen LogP contribution >= 0.6 is 0 Å². The maximum absolute atomic E-state index is 4.31. The minimum atomic E-state index is 0. The quantitative estimate of drug-likeness (QED) is 0.684. The summed E-state index contributed by atoms with van der Waals surface area (Å²) < 4.78 is 0. The molecule has 0 spiro atoms. The van der Waals surface area contributed by atoms with Crippen molar-refractivity contribution in [2.45, 2.75) is 14.4 Å². The van der Waals surface area contributed by atoms with Crippen molar-refractivity contribution in [1.82, 2.24) is 9.97 Å². The van der Waals surface area contributed by atoms with E-state index in [0.717, 1.165) is 11.3 Å². The number of hydrogen-bond donors (Lipinski definition) is 0. The molecule has 0 atom stereocenters. The zero-order valence-electron chi connectivity index (χ0n) is 7.44. The second-order valence-electron chi connectivity index (χ2n) is 2.96. The third-order valence-corrected chi connectivity index (χ3v) is 1.87. The van der Waals surface area contributed by atoms with Crippen molar-refractivity contribution in [3.8, 4) is 11.3 Å². The Balaban J connectivity index is 0.000000980. The van der Waals surface area contributed by atoms with Crippen molar-refractivity contribution in [3.05, 3.63) is 48.4 Å². The van der Waals surface area contributed by atoms with Gasteiger partial charge in [0.25, 0.3) is 0 Å². The van der Waals surface area contributed by atoms with Gasteiger partial charge in [-0.15, -0.1) is 0 Å². The summed E-state index contributed by atoms with van der Waals surface area (Å²) in [7, 11) is 0. The number of nitrogens with zero attached hydrogens (tertiary/aromatic N) is 2. The summed E-state index contributed by atoms with van der Waals surface area (Å²) in [6.45, 7) is 2.03. The van der Waals surface area contributed by atoms with Crippen LogP contribution in [0.1, 0.15) is 13.0 Å². The van der Waals surface area contributed by atoms with Crippen LogP contribution in [-0.4, -0.2) is 9.97 Å². The van der Waals surface area contributed by atoms with Gasteiger partial charge >= 0.3 is 0 Å². The molecule has 0 bridgehead atoms. The zero-order valence-corrected chi connectivity index (χ0v) is 7.44. The predicted octanol–water partition coefficient (Wildman–Crippen LogP) is 3.09. The van der Waals surface area contributed by atoms with Crippen molar-refractivity contribution in [1.29, 1.82) is 0 Å². The lowest BCUT2D eigenvalue weighted by Crippen LogP contribution is -1.84. The summed E-state index contributed by atoms with van der Waals surface area (Å²) in [6.07, 6.45) is 5.44. The Labute approximate surface area is 84.7 Å². The van der Waals surface area contributed by atoms with Gasteiger partial charge in [0.05, 0.1) is 5.69 Å². The zero-order chi connectivity index (χ0) is 9.10. The summed E-state index contributed by atoms with van der Waals surface area (Å²) in [5.74, 6) is 0. The molecule has 0 aliphatic rings. The average Bonchev–Trinajstić information content (AvgIpc) is 2.20. The smallest absolute Gasteiger partial charge is 0.0717 e. The molecule has 0 radical (unpaired) electrons. The molecule has 0 saturated carbocycles. The molecule has 2 rings (SSSR count). The molecule has 0 amide bonds. The van der Waals surface area contributed by atoms with Crippen LogP contribution in [0, 0.1) is 6.92 Å². The van der Waals surface area contributed by atoms with Crippen LogP contribution in [0.3, 0.4) is 0 Å². The first-order chi connectivity index (χ1) is 6.36. The normalized spacial score (nSPS) is 9.21. The van der Waals surface area contributed by atoms with Gasteiger partial charge in [-0.3, -0.25) is 9.97 Å². The minimum Gasteiger partial charge on any atom is -0.264 e. The van der Waals surface area contributed by atoms with Gasteiger partial charge < -0.3 is 0 Å². The van der Waals surface area contributed by atoms with E-state index in [1.165, 1.54) is 5.56 Å². The third kappa shape index (κ3) is 2.16. The molecule has 0 fully saturated rings. The highest BCUT2D eigenvalue weighted by atomic mass is 14.7. The lowest BCUT2D eigenvalue weighted by molar-refractivity contribution is 1.25. The van der Waals surface area contributed by atoms with Crippen LogP contribution < -0.4 is 0 Å². The van der Waals surface area contributed by atoms with Crippen molar-refractivity contribution >= 4 is 0 Å². The van der Waals surface area contributed by atoms with Crippen LogP contribution in [0.5, 0.6) is 0 Å². The molecule has 0 unspecified atom stereocenters. The molecular formula is C12H14N2. The fourth-order valence-corrected chi connectivity index (χ4v) is 1.15. The molecule has 2 nitrogen and oxygen atoms in total. The van der Waals surface area contributed by atoms with Gasteiger partial charge in [-0.1, -0.05) is 13.5 Å². The topological polar surface area (TPSA) is 25.8 Å². The highest BCUT2D eigenvalue weighted by molar-refractivity contribution is 5.57. The first-order valence-corrected chi connectivity index (χ1v) is 4.19. The summed E-state index contributed by atoms with van der Waals surface area (Å²) >= 11 is 0. The third-order valence-electron chi connectivity index (χ3n) is 1.87. The van der Waals surface area contributed by atoms with E-state index < -0.39 is 0 Å². The summed E-state index contributed by atoms with van der Waals surface area (Å²) in [6, 6.07) is 7.98. The molecule has 2 heterocycles. The summed E-state index contributed by atoms with van der Waals surface area (Å²) in [4.78, 5) is 8.35. The molecule has 2 aromatic heterocycles. The van der Waals surface area contributed by atoms with E-state index in [1.807, 2.05) is 37.5 Å². The Morgan fingerprint density at radius 3 is 2.50 bits per heavy atom. The summed E-state index contributed by atoms with van der Waals surface area (Å²) in [5, 5.41) is 0. The van der Waals surface area contributed by atoms with Crippen molar-refractivity contribution in [2.75, 3.05) is 0 Å². The highest BCUT2D eigenvalue weighted by Gasteiger charge is 1.96. The molecule has 0 aliphatic heterocycles. The van der Waals surface area contributed by atoms with Crippen molar-refractivity contribution in [2.24, 2.45) is 0 Å². The molecular weight excluding hydrogens is 172 g/mol. The Morgan fingerprint density at radius 1 is 1.07 bits per heavy atom. The molecule has 2 heteroatoms. The number of hydrogen-bond acceptors (Lipinski definition) is 2. The van der Waals surface area contributed by atoms with Gasteiger partial charge in [-0.2, -0.15) is 0 Å². The van der Waals surface area contributed by atoms with Crippen LogP contribution in [0.15, 0.2) is 42.9 Å². The number of pyridine rings is 2. The molecule has 14 heavy (non-hydrogen) atoms. The van der Waals surface area contributed by atoms with Crippen molar-refractivity contribution < 1.29 is 0 Å². The second-order valence-corrected chi connectivity index (χ2v) is 2.96. The Kier molecular flexibility index (Phi) is 3.35. The first-order valence-electron chi connectivity index (χ1n) is 4.19. The molecule has 0 saturated heterocycles. The van der Waals surface area contributed by atoms with Gasteiger partial charge in [0.2, 0.25) is 0 Å². The lowest BCUT2D eigenvalue weighted by Gasteiger charge is -1.99. The van der Waals surface area contributed by atoms with Gasteiger partial charge in [0, 0.05) is 24.2 Å². The molecule has 0 N–H and O–H groups in total. The largest absolute Gasteiger partial charge is 0.264 e. The van der Waals surface area contributed by atoms with E-state index in [2.05, 4.69) is 16.0 Å². The monoisotopic (exact) mass is 186 g/mol. The Morgan fingerprint density at radius 2 is 1.93 bits per heavy atom. The lowest BCUT2D eigenvalue weighted by atomic mass is 10.2. The average molecular weight is 186 g/mol. The minimum absolute atomic E-state index is 0. The van der Waals surface area contributed by atoms with E-state index in [9.17, 15) is 0 Å². The second kappa shape index (κ2) is 4.51. The molecule has 2 aromatic rings. The number of rotatable bonds is 1. The number of aromatic nitrogens is 2. The van der Waals surface area contributed by atoms with Gasteiger partial charge in [-0.25, -0.2) is 0 Å². The first kappa shape index (κ1) is 10.4. The SMILES string of the molecule is C.Cc1ccc(-c2cccnc2)nc1. The fraction of sp³-hybridized carbons (Fsp3) is 0.167. The van der Waals surface area contributed by atoms with E-state index in [4.69, 9.17) is 0 Å². The van der Waals surface area contributed by atoms with E-state index in [-0.39, 0.29) is 7.43 Å². The molecule has 0 aromatic carbocycles. The fourth-order valence-electron chi connectivity index (χ4n) is 1.15. The summed E-state index contributed by atoms with van der Waals surface area (Å²) in [5.41, 5.74) is 3.20. The van der Waals surface area contributed by atoms with Gasteiger partial charge in [0.15, 0.2) is 0 Å². The standard InChI is InChI=1S/C11H10N2.CH4/c1-9-4-5-11(13-7-9)10-3-2-6-12-8-10;/h2-8H,1H3;1H4. The van der Waals surface area contributed by atoms with E-state index in [0.29, 0.717) is 0 Å². The molecule has 0 aliphatic carbocycles. The van der Waals surface area contributed by atoms with Crippen molar-refractivity contribution in [3.63, 3.8) is 0 Å². The Hall–Kier alpha value is -1.70. The maximum atomic E-state index is 4.31. The van der Waals surface area contributed by atoms with Crippen LogP contribution in [0.4, 0.5) is 0 Å². The van der Waals surface area contributed by atoms with Crippen LogP contribution in [-0.2, 0) is 0 Å².